The molecule has 3 nitrogen and oxygen atoms in total. The van der Waals surface area contributed by atoms with Crippen LogP contribution < -0.4 is 5.73 Å². The summed E-state index contributed by atoms with van der Waals surface area (Å²) in [7, 11) is 0. The van der Waals surface area contributed by atoms with E-state index < -0.39 is 0 Å². The highest BCUT2D eigenvalue weighted by Gasteiger charge is 2.25. The Morgan fingerprint density at radius 3 is 2.54 bits per heavy atom. The van der Waals surface area contributed by atoms with Crippen LogP contribution in [0.15, 0.2) is 18.2 Å². The van der Waals surface area contributed by atoms with Gasteiger partial charge in [-0.05, 0) is 62.1 Å². The van der Waals surface area contributed by atoms with Gasteiger partial charge in [0.25, 0.3) is 0 Å². The van der Waals surface area contributed by atoms with Gasteiger partial charge in [0.1, 0.15) is 5.69 Å². The van der Waals surface area contributed by atoms with E-state index in [2.05, 4.69) is 28.4 Å². The van der Waals surface area contributed by atoms with Crippen molar-refractivity contribution in [1.82, 2.24) is 10.2 Å². The van der Waals surface area contributed by atoms with Gasteiger partial charge in [-0.3, -0.25) is 5.10 Å². The van der Waals surface area contributed by atoms with Crippen molar-refractivity contribution in [2.24, 2.45) is 5.73 Å². The normalized spacial score (nSPS) is 22.7. The first-order valence-electron chi connectivity index (χ1n) is 9.34. The van der Waals surface area contributed by atoms with E-state index in [0.29, 0.717) is 12.0 Å². The molecule has 0 saturated heterocycles. The molecular weight excluding hydrogens is 318 g/mol. The standard InChI is InChI=1S/C18H22ClN3.C2H6/c19-16-17(12-6-8-15(20)9-7-12)21-22-18(16)14-5-4-11-2-1-3-13(11)10-14;1-2/h4-5,10,12,15H,1-3,6-9,20H2,(H,21,22);1-2H3. The molecule has 0 aliphatic heterocycles. The summed E-state index contributed by atoms with van der Waals surface area (Å²) in [6.45, 7) is 4.00. The van der Waals surface area contributed by atoms with Gasteiger partial charge in [-0.25, -0.2) is 0 Å². The van der Waals surface area contributed by atoms with E-state index in [1.165, 1.54) is 30.4 Å². The maximum absolute atomic E-state index is 6.65. The highest BCUT2D eigenvalue weighted by atomic mass is 35.5. The summed E-state index contributed by atoms with van der Waals surface area (Å²) in [5.41, 5.74) is 12.1. The van der Waals surface area contributed by atoms with Gasteiger partial charge in [-0.2, -0.15) is 5.10 Å². The lowest BCUT2D eigenvalue weighted by atomic mass is 9.84. The number of aromatic amines is 1. The second kappa shape index (κ2) is 7.71. The zero-order valence-corrected chi connectivity index (χ0v) is 15.5. The van der Waals surface area contributed by atoms with Crippen LogP contribution in [0.4, 0.5) is 0 Å². The lowest BCUT2D eigenvalue weighted by Gasteiger charge is -2.25. The molecule has 24 heavy (non-hydrogen) atoms. The highest BCUT2D eigenvalue weighted by molar-refractivity contribution is 6.33. The smallest absolute Gasteiger partial charge is 0.111 e. The molecule has 1 heterocycles. The molecule has 4 rings (SSSR count). The van der Waals surface area contributed by atoms with Crippen molar-refractivity contribution >= 4 is 11.6 Å². The Balaban J connectivity index is 0.000000815. The maximum Gasteiger partial charge on any atom is 0.111 e. The number of nitrogens with two attached hydrogens (primary N) is 1. The molecule has 1 aromatic heterocycles. The Bertz CT molecular complexity index is 684. The first-order chi connectivity index (χ1) is 11.7. The Hall–Kier alpha value is -1.32. The van der Waals surface area contributed by atoms with Crippen LogP contribution >= 0.6 is 11.6 Å². The van der Waals surface area contributed by atoms with Gasteiger partial charge in [0.05, 0.1) is 10.7 Å². The number of halogens is 1. The summed E-state index contributed by atoms with van der Waals surface area (Å²) in [5, 5.41) is 8.52. The molecule has 4 heteroatoms. The van der Waals surface area contributed by atoms with Crippen molar-refractivity contribution in [3.63, 3.8) is 0 Å². The monoisotopic (exact) mass is 345 g/mol. The average molecular weight is 346 g/mol. The fourth-order valence-electron chi connectivity index (χ4n) is 3.93. The van der Waals surface area contributed by atoms with Crippen molar-refractivity contribution in [3.05, 3.63) is 40.0 Å². The van der Waals surface area contributed by atoms with Crippen molar-refractivity contribution in [1.29, 1.82) is 0 Å². The van der Waals surface area contributed by atoms with Crippen molar-refractivity contribution < 1.29 is 0 Å². The number of fused-ring (bicyclic) bond motifs is 1. The largest absolute Gasteiger partial charge is 0.328 e. The first kappa shape index (κ1) is 17.5. The zero-order chi connectivity index (χ0) is 17.1. The third-order valence-corrected chi connectivity index (χ3v) is 5.67. The third kappa shape index (κ3) is 3.38. The Labute approximate surface area is 150 Å². The van der Waals surface area contributed by atoms with Crippen LogP contribution in [0.3, 0.4) is 0 Å². The third-order valence-electron chi connectivity index (χ3n) is 5.28. The highest BCUT2D eigenvalue weighted by Crippen LogP contribution is 2.39. The summed E-state index contributed by atoms with van der Waals surface area (Å²) in [4.78, 5) is 0. The number of benzene rings is 1. The summed E-state index contributed by atoms with van der Waals surface area (Å²) < 4.78 is 0. The predicted molar refractivity (Wildman–Crippen MR) is 102 cm³/mol. The molecule has 3 N–H and O–H groups in total. The molecule has 0 atom stereocenters. The summed E-state index contributed by atoms with van der Waals surface area (Å²) in [5.74, 6) is 0.475. The number of H-pyrrole nitrogens is 1. The van der Waals surface area contributed by atoms with Gasteiger partial charge >= 0.3 is 0 Å². The number of aryl methyl sites for hydroxylation is 2. The second-order valence-electron chi connectivity index (χ2n) is 6.75. The van der Waals surface area contributed by atoms with E-state index in [-0.39, 0.29) is 0 Å². The van der Waals surface area contributed by atoms with E-state index in [1.54, 1.807) is 0 Å². The minimum Gasteiger partial charge on any atom is -0.328 e. The molecule has 2 aliphatic carbocycles. The molecule has 1 saturated carbocycles. The van der Waals surface area contributed by atoms with Crippen LogP contribution in [-0.2, 0) is 12.8 Å². The van der Waals surface area contributed by atoms with Crippen LogP contribution in [0.1, 0.15) is 68.7 Å². The fraction of sp³-hybridized carbons (Fsp3) is 0.550. The lowest BCUT2D eigenvalue weighted by molar-refractivity contribution is 0.390. The van der Waals surface area contributed by atoms with Gasteiger partial charge in [0, 0.05) is 17.5 Å². The Kier molecular flexibility index (Phi) is 5.62. The van der Waals surface area contributed by atoms with Gasteiger partial charge in [-0.1, -0.05) is 37.6 Å². The van der Waals surface area contributed by atoms with E-state index >= 15 is 0 Å². The average Bonchev–Trinajstić information content (AvgIpc) is 3.23. The second-order valence-corrected chi connectivity index (χ2v) is 7.13. The molecule has 130 valence electrons. The number of hydrogen-bond donors (Lipinski definition) is 2. The fourth-order valence-corrected chi connectivity index (χ4v) is 4.28. The maximum atomic E-state index is 6.65. The van der Waals surface area contributed by atoms with Crippen molar-refractivity contribution in [3.8, 4) is 11.3 Å². The van der Waals surface area contributed by atoms with Gasteiger partial charge in [0.2, 0.25) is 0 Å². The molecule has 1 aromatic carbocycles. The molecule has 0 bridgehead atoms. The van der Waals surface area contributed by atoms with Crippen LogP contribution in [0.2, 0.25) is 5.02 Å². The SMILES string of the molecule is CC.NC1CCC(c2[nH]nc(-c3ccc4c(c3)CCC4)c2Cl)CC1. The van der Waals surface area contributed by atoms with Crippen LogP contribution in [0.5, 0.6) is 0 Å². The topological polar surface area (TPSA) is 54.7 Å². The van der Waals surface area contributed by atoms with Gasteiger partial charge < -0.3 is 5.73 Å². The van der Waals surface area contributed by atoms with E-state index in [9.17, 15) is 0 Å². The van der Waals surface area contributed by atoms with Crippen molar-refractivity contribution in [2.75, 3.05) is 0 Å². The van der Waals surface area contributed by atoms with E-state index in [1.807, 2.05) is 13.8 Å². The molecular formula is C20H28ClN3. The Morgan fingerprint density at radius 1 is 1.08 bits per heavy atom. The molecule has 0 amide bonds. The van der Waals surface area contributed by atoms with E-state index in [0.717, 1.165) is 47.7 Å². The van der Waals surface area contributed by atoms with Crippen LogP contribution in [0.25, 0.3) is 11.3 Å². The first-order valence-corrected chi connectivity index (χ1v) is 9.71. The zero-order valence-electron chi connectivity index (χ0n) is 14.7. The van der Waals surface area contributed by atoms with Gasteiger partial charge in [-0.15, -0.1) is 0 Å². The Morgan fingerprint density at radius 2 is 1.79 bits per heavy atom. The minimum atomic E-state index is 0.356. The summed E-state index contributed by atoms with van der Waals surface area (Å²) in [6.07, 6.45) is 8.01. The number of hydrogen-bond acceptors (Lipinski definition) is 2. The predicted octanol–water partition coefficient (Wildman–Crippen LogP) is 5.23. The molecule has 1 fully saturated rings. The van der Waals surface area contributed by atoms with Crippen LogP contribution in [-0.4, -0.2) is 16.2 Å². The van der Waals surface area contributed by atoms with Gasteiger partial charge in [0.15, 0.2) is 0 Å². The molecule has 0 radical (unpaired) electrons. The number of nitrogens with zero attached hydrogens (tertiary/aromatic N) is 1. The summed E-state index contributed by atoms with van der Waals surface area (Å²) >= 11 is 6.65. The molecule has 2 aliphatic rings. The number of rotatable bonds is 2. The molecule has 0 spiro atoms. The quantitative estimate of drug-likeness (QED) is 0.782. The molecule has 2 aromatic rings. The number of aromatic nitrogens is 2. The van der Waals surface area contributed by atoms with Crippen molar-refractivity contribution in [2.45, 2.75) is 70.8 Å². The van der Waals surface area contributed by atoms with E-state index in [4.69, 9.17) is 17.3 Å². The molecule has 0 unspecified atom stereocenters. The number of nitrogens with one attached hydrogen (secondary N) is 1. The summed E-state index contributed by atoms with van der Waals surface area (Å²) in [6, 6.07) is 7.02. The minimum absolute atomic E-state index is 0.356. The lowest BCUT2D eigenvalue weighted by Crippen LogP contribution is -2.25. The van der Waals surface area contributed by atoms with Crippen LogP contribution in [0, 0.1) is 0 Å².